The number of alkyl halides is 3. The maximum atomic E-state index is 13.6. The molecule has 0 unspecified atom stereocenters. The largest absolute Gasteiger partial charge is 0.419 e. The number of hydrogen-bond acceptors (Lipinski definition) is 0. The molecule has 0 spiro atoms. The fourth-order valence-corrected chi connectivity index (χ4v) is 3.15. The van der Waals surface area contributed by atoms with Crippen molar-refractivity contribution in [2.45, 2.75) is 50.6 Å². The van der Waals surface area contributed by atoms with E-state index >= 15 is 0 Å². The highest BCUT2D eigenvalue weighted by atomic mass is 19.4. The van der Waals surface area contributed by atoms with Gasteiger partial charge < -0.3 is 0 Å². The van der Waals surface area contributed by atoms with Gasteiger partial charge in [0.2, 0.25) is 0 Å². The molecule has 21 heavy (non-hydrogen) atoms. The Balaban J connectivity index is 2.01. The van der Waals surface area contributed by atoms with Gasteiger partial charge in [0.1, 0.15) is 5.82 Å². The molecule has 0 aromatic heterocycles. The highest BCUT2D eigenvalue weighted by Gasteiger charge is 2.34. The van der Waals surface area contributed by atoms with Gasteiger partial charge in [-0.1, -0.05) is 12.1 Å². The van der Waals surface area contributed by atoms with Crippen LogP contribution in [0.15, 0.2) is 30.9 Å². The maximum Gasteiger partial charge on any atom is 0.419 e. The molecule has 0 N–H and O–H groups in total. The van der Waals surface area contributed by atoms with Crippen molar-refractivity contribution < 1.29 is 17.6 Å². The lowest BCUT2D eigenvalue weighted by Gasteiger charge is -2.28. The van der Waals surface area contributed by atoms with Crippen molar-refractivity contribution in [1.29, 1.82) is 0 Å². The van der Waals surface area contributed by atoms with Crippen LogP contribution in [0.5, 0.6) is 0 Å². The van der Waals surface area contributed by atoms with E-state index in [4.69, 9.17) is 0 Å². The summed E-state index contributed by atoms with van der Waals surface area (Å²) < 4.78 is 51.2. The summed E-state index contributed by atoms with van der Waals surface area (Å²) in [4.78, 5) is 0. The summed E-state index contributed by atoms with van der Waals surface area (Å²) in [6.07, 6.45) is 3.38. The van der Waals surface area contributed by atoms with E-state index in [0.717, 1.165) is 50.7 Å². The molecule has 1 aromatic carbocycles. The summed E-state index contributed by atoms with van der Waals surface area (Å²) >= 11 is 0. The smallest absolute Gasteiger partial charge is 0.206 e. The van der Waals surface area contributed by atoms with Crippen molar-refractivity contribution in [3.05, 3.63) is 47.8 Å². The third-order valence-electron chi connectivity index (χ3n) is 4.40. The van der Waals surface area contributed by atoms with E-state index < -0.39 is 17.6 Å². The standard InChI is InChI=1S/C17H20F4/c1-2-3-4-12-5-7-13(8-6-12)14-9-10-15(16(18)11-14)17(19,20)21/h2,9-13H,1,3-8H2. The van der Waals surface area contributed by atoms with E-state index in [1.807, 2.05) is 6.08 Å². The minimum atomic E-state index is -4.62. The molecule has 1 aliphatic rings. The number of allylic oxidation sites excluding steroid dienone is 1. The van der Waals surface area contributed by atoms with Gasteiger partial charge in [-0.2, -0.15) is 13.2 Å². The lowest BCUT2D eigenvalue weighted by atomic mass is 9.77. The Morgan fingerprint density at radius 3 is 2.33 bits per heavy atom. The van der Waals surface area contributed by atoms with Crippen LogP contribution in [-0.4, -0.2) is 0 Å². The Morgan fingerprint density at radius 2 is 1.81 bits per heavy atom. The molecule has 0 bridgehead atoms. The van der Waals surface area contributed by atoms with Gasteiger partial charge in [-0.15, -0.1) is 6.58 Å². The van der Waals surface area contributed by atoms with Crippen molar-refractivity contribution in [1.82, 2.24) is 0 Å². The number of halogens is 4. The second-order valence-electron chi connectivity index (χ2n) is 5.82. The van der Waals surface area contributed by atoms with Crippen LogP contribution in [0.4, 0.5) is 17.6 Å². The van der Waals surface area contributed by atoms with Crippen molar-refractivity contribution in [2.75, 3.05) is 0 Å². The van der Waals surface area contributed by atoms with Crippen molar-refractivity contribution >= 4 is 0 Å². The third kappa shape index (κ3) is 4.08. The molecule has 0 radical (unpaired) electrons. The third-order valence-corrected chi connectivity index (χ3v) is 4.40. The first-order valence-corrected chi connectivity index (χ1v) is 7.39. The minimum absolute atomic E-state index is 0.182. The van der Waals surface area contributed by atoms with Gasteiger partial charge in [0.05, 0.1) is 5.56 Å². The Labute approximate surface area is 122 Å². The first-order chi connectivity index (χ1) is 9.91. The zero-order chi connectivity index (χ0) is 15.5. The van der Waals surface area contributed by atoms with Crippen LogP contribution < -0.4 is 0 Å². The molecule has 1 saturated carbocycles. The molecule has 0 aliphatic heterocycles. The molecule has 1 aromatic rings. The molecule has 1 aliphatic carbocycles. The van der Waals surface area contributed by atoms with Gasteiger partial charge in [-0.3, -0.25) is 0 Å². The number of benzene rings is 1. The Kier molecular flexibility index (Phi) is 5.07. The second kappa shape index (κ2) is 6.63. The summed E-state index contributed by atoms with van der Waals surface area (Å²) in [5, 5.41) is 0. The fraction of sp³-hybridized carbons (Fsp3) is 0.529. The first-order valence-electron chi connectivity index (χ1n) is 7.39. The predicted octanol–water partition coefficient (Wildman–Crippen LogP) is 6.08. The van der Waals surface area contributed by atoms with E-state index in [1.54, 1.807) is 0 Å². The average Bonchev–Trinajstić information content (AvgIpc) is 2.44. The van der Waals surface area contributed by atoms with Gasteiger partial charge in [-0.05, 0) is 68.1 Å². The van der Waals surface area contributed by atoms with Crippen LogP contribution in [0, 0.1) is 11.7 Å². The molecule has 2 rings (SSSR count). The minimum Gasteiger partial charge on any atom is -0.206 e. The lowest BCUT2D eigenvalue weighted by molar-refractivity contribution is -0.140. The van der Waals surface area contributed by atoms with Crippen LogP contribution in [0.1, 0.15) is 55.6 Å². The molecule has 0 saturated heterocycles. The molecule has 0 atom stereocenters. The molecule has 0 amide bonds. The summed E-state index contributed by atoms with van der Waals surface area (Å²) in [6.45, 7) is 3.71. The van der Waals surface area contributed by atoms with Crippen molar-refractivity contribution in [2.24, 2.45) is 5.92 Å². The van der Waals surface area contributed by atoms with Crippen LogP contribution in [0.25, 0.3) is 0 Å². The van der Waals surface area contributed by atoms with Gasteiger partial charge in [0, 0.05) is 0 Å². The molecule has 4 heteroatoms. The van der Waals surface area contributed by atoms with Gasteiger partial charge in [-0.25, -0.2) is 4.39 Å². The Morgan fingerprint density at radius 1 is 1.14 bits per heavy atom. The zero-order valence-electron chi connectivity index (χ0n) is 11.9. The number of rotatable bonds is 4. The Hall–Kier alpha value is -1.32. The predicted molar refractivity (Wildman–Crippen MR) is 75.5 cm³/mol. The molecular weight excluding hydrogens is 280 g/mol. The van der Waals surface area contributed by atoms with Crippen molar-refractivity contribution in [3.8, 4) is 0 Å². The average molecular weight is 300 g/mol. The number of hydrogen-bond donors (Lipinski definition) is 0. The van der Waals surface area contributed by atoms with Crippen LogP contribution in [-0.2, 0) is 6.18 Å². The highest BCUT2D eigenvalue weighted by molar-refractivity contribution is 5.29. The van der Waals surface area contributed by atoms with E-state index in [1.165, 1.54) is 6.07 Å². The first kappa shape index (κ1) is 16.1. The summed E-state index contributed by atoms with van der Waals surface area (Å²) in [6, 6.07) is 3.37. The van der Waals surface area contributed by atoms with Crippen LogP contribution >= 0.6 is 0 Å². The summed E-state index contributed by atoms with van der Waals surface area (Å²) in [5.74, 6) is -0.311. The fourth-order valence-electron chi connectivity index (χ4n) is 3.15. The lowest BCUT2D eigenvalue weighted by Crippen LogP contribution is -2.14. The van der Waals surface area contributed by atoms with Crippen molar-refractivity contribution in [3.63, 3.8) is 0 Å². The highest BCUT2D eigenvalue weighted by Crippen LogP contribution is 2.39. The molecule has 0 heterocycles. The SMILES string of the molecule is C=CCCC1CCC(c2ccc(C(F)(F)F)c(F)c2)CC1. The van der Waals surface area contributed by atoms with E-state index in [0.29, 0.717) is 11.5 Å². The van der Waals surface area contributed by atoms with Gasteiger partial charge >= 0.3 is 6.18 Å². The van der Waals surface area contributed by atoms with E-state index in [2.05, 4.69) is 6.58 Å². The topological polar surface area (TPSA) is 0 Å². The maximum absolute atomic E-state index is 13.6. The summed E-state index contributed by atoms with van der Waals surface area (Å²) in [7, 11) is 0. The van der Waals surface area contributed by atoms with Crippen LogP contribution in [0.2, 0.25) is 0 Å². The summed E-state index contributed by atoms with van der Waals surface area (Å²) in [5.41, 5.74) is -0.478. The molecule has 0 nitrogen and oxygen atoms in total. The van der Waals surface area contributed by atoms with Crippen LogP contribution in [0.3, 0.4) is 0 Å². The van der Waals surface area contributed by atoms with E-state index in [9.17, 15) is 17.6 Å². The second-order valence-corrected chi connectivity index (χ2v) is 5.82. The molecular formula is C17H20F4. The van der Waals surface area contributed by atoms with E-state index in [-0.39, 0.29) is 5.92 Å². The molecule has 1 fully saturated rings. The molecule has 116 valence electrons. The van der Waals surface area contributed by atoms with Gasteiger partial charge in [0.25, 0.3) is 0 Å². The normalized spacial score (nSPS) is 23.0. The monoisotopic (exact) mass is 300 g/mol. The van der Waals surface area contributed by atoms with Gasteiger partial charge in [0.15, 0.2) is 0 Å². The zero-order valence-corrected chi connectivity index (χ0v) is 11.9. The Bertz CT molecular complexity index is 482. The quantitative estimate of drug-likeness (QED) is 0.466.